The molecule has 0 saturated heterocycles. The van der Waals surface area contributed by atoms with E-state index in [4.69, 9.17) is 17.3 Å². The van der Waals surface area contributed by atoms with E-state index in [-0.39, 0.29) is 10.7 Å². The Bertz CT molecular complexity index is 518. The van der Waals surface area contributed by atoms with Crippen LogP contribution >= 0.6 is 11.6 Å². The first-order valence-corrected chi connectivity index (χ1v) is 4.83. The van der Waals surface area contributed by atoms with Crippen molar-refractivity contribution in [1.82, 2.24) is 9.97 Å². The third-order valence-corrected chi connectivity index (χ3v) is 2.19. The summed E-state index contributed by atoms with van der Waals surface area (Å²) in [5, 5.41) is 2.81. The van der Waals surface area contributed by atoms with Crippen molar-refractivity contribution >= 4 is 28.9 Å². The lowest BCUT2D eigenvalue weighted by atomic mass is 10.3. The quantitative estimate of drug-likeness (QED) is 0.844. The second-order valence-corrected chi connectivity index (χ2v) is 3.46. The third kappa shape index (κ3) is 2.20. The number of nitrogens with one attached hydrogen (secondary N) is 1. The van der Waals surface area contributed by atoms with Gasteiger partial charge in [-0.15, -0.1) is 0 Å². The van der Waals surface area contributed by atoms with Crippen molar-refractivity contribution in [2.24, 2.45) is 0 Å². The van der Waals surface area contributed by atoms with E-state index in [1.165, 1.54) is 18.5 Å². The van der Waals surface area contributed by atoms with Crippen molar-refractivity contribution in [3.8, 4) is 0 Å². The van der Waals surface area contributed by atoms with Crippen LogP contribution in [0.25, 0.3) is 0 Å². The van der Waals surface area contributed by atoms with Gasteiger partial charge in [-0.1, -0.05) is 17.7 Å². The van der Waals surface area contributed by atoms with Crippen LogP contribution in [0.4, 0.5) is 21.7 Å². The maximum absolute atomic E-state index is 13.5. The molecule has 0 spiro atoms. The average molecular weight is 239 g/mol. The lowest BCUT2D eigenvalue weighted by Crippen LogP contribution is -1.99. The smallest absolute Gasteiger partial charge is 0.165 e. The fourth-order valence-corrected chi connectivity index (χ4v) is 1.35. The first kappa shape index (κ1) is 10.6. The van der Waals surface area contributed by atoms with E-state index < -0.39 is 5.82 Å². The van der Waals surface area contributed by atoms with Gasteiger partial charge in [-0.25, -0.2) is 14.4 Å². The van der Waals surface area contributed by atoms with Gasteiger partial charge in [0.25, 0.3) is 0 Å². The van der Waals surface area contributed by atoms with Crippen molar-refractivity contribution < 1.29 is 4.39 Å². The molecule has 1 heterocycles. The lowest BCUT2D eigenvalue weighted by Gasteiger charge is -2.07. The van der Waals surface area contributed by atoms with Gasteiger partial charge in [0.15, 0.2) is 5.82 Å². The molecular weight excluding hydrogens is 231 g/mol. The van der Waals surface area contributed by atoms with Gasteiger partial charge in [0.2, 0.25) is 0 Å². The number of halogens is 2. The summed E-state index contributed by atoms with van der Waals surface area (Å²) >= 11 is 5.64. The highest BCUT2D eigenvalue weighted by Crippen LogP contribution is 2.24. The Morgan fingerprint density at radius 3 is 2.88 bits per heavy atom. The largest absolute Gasteiger partial charge is 0.384 e. The Morgan fingerprint density at radius 2 is 2.12 bits per heavy atom. The normalized spacial score (nSPS) is 10.1. The van der Waals surface area contributed by atoms with E-state index in [1.54, 1.807) is 12.1 Å². The van der Waals surface area contributed by atoms with Crippen molar-refractivity contribution in [2.75, 3.05) is 11.1 Å². The average Bonchev–Trinajstić information content (AvgIpc) is 2.25. The summed E-state index contributed by atoms with van der Waals surface area (Å²) in [4.78, 5) is 7.62. The van der Waals surface area contributed by atoms with Crippen LogP contribution in [0.5, 0.6) is 0 Å². The Morgan fingerprint density at radius 1 is 1.31 bits per heavy atom. The number of hydrogen-bond donors (Lipinski definition) is 2. The van der Waals surface area contributed by atoms with Crippen LogP contribution in [0.1, 0.15) is 0 Å². The molecule has 2 rings (SSSR count). The molecule has 0 aliphatic heterocycles. The molecule has 3 N–H and O–H groups in total. The number of nitrogen functional groups attached to an aromatic ring is 1. The van der Waals surface area contributed by atoms with E-state index >= 15 is 0 Å². The first-order valence-electron chi connectivity index (χ1n) is 4.45. The zero-order chi connectivity index (χ0) is 11.5. The lowest BCUT2D eigenvalue weighted by molar-refractivity contribution is 0.632. The van der Waals surface area contributed by atoms with Gasteiger partial charge < -0.3 is 11.1 Å². The second kappa shape index (κ2) is 4.32. The molecule has 0 atom stereocenters. The minimum absolute atomic E-state index is 0.0482. The van der Waals surface area contributed by atoms with Gasteiger partial charge in [0, 0.05) is 6.07 Å². The third-order valence-electron chi connectivity index (χ3n) is 1.90. The Labute approximate surface area is 96.3 Å². The van der Waals surface area contributed by atoms with Gasteiger partial charge in [0.05, 0.1) is 10.7 Å². The fourth-order valence-electron chi connectivity index (χ4n) is 1.18. The number of nitrogens with zero attached hydrogens (tertiary/aromatic N) is 2. The highest BCUT2D eigenvalue weighted by atomic mass is 35.5. The van der Waals surface area contributed by atoms with Crippen molar-refractivity contribution in [2.45, 2.75) is 0 Å². The molecule has 0 unspecified atom stereocenters. The predicted molar refractivity (Wildman–Crippen MR) is 61.1 cm³/mol. The minimum atomic E-state index is -0.527. The van der Waals surface area contributed by atoms with Crippen LogP contribution in [0, 0.1) is 5.82 Å². The summed E-state index contributed by atoms with van der Waals surface area (Å²) in [5.41, 5.74) is 5.71. The minimum Gasteiger partial charge on any atom is -0.384 e. The van der Waals surface area contributed by atoms with Gasteiger partial charge in [0.1, 0.15) is 18.0 Å². The molecule has 0 aliphatic carbocycles. The van der Waals surface area contributed by atoms with E-state index in [2.05, 4.69) is 15.3 Å². The molecule has 82 valence electrons. The molecule has 2 aromatic rings. The van der Waals surface area contributed by atoms with E-state index in [0.29, 0.717) is 11.6 Å². The Hall–Kier alpha value is -1.88. The second-order valence-electron chi connectivity index (χ2n) is 3.05. The molecule has 1 aromatic carbocycles. The Balaban J connectivity index is 2.31. The molecule has 4 nitrogen and oxygen atoms in total. The first-order chi connectivity index (χ1) is 7.66. The van der Waals surface area contributed by atoms with Crippen LogP contribution < -0.4 is 11.1 Å². The van der Waals surface area contributed by atoms with Crippen LogP contribution in [0.15, 0.2) is 30.6 Å². The predicted octanol–water partition coefficient (Wildman–Crippen LogP) is 2.59. The summed E-state index contributed by atoms with van der Waals surface area (Å²) in [6, 6.07) is 6.16. The van der Waals surface area contributed by atoms with E-state index in [9.17, 15) is 4.39 Å². The molecule has 0 fully saturated rings. The molecular formula is C10H8ClFN4. The maximum atomic E-state index is 13.5. The standard InChI is InChI=1S/C10H8ClFN4/c11-6-2-1-3-7(10(6)12)16-9-4-8(13)14-5-15-9/h1-5H,(H3,13,14,15,16). The van der Waals surface area contributed by atoms with Crippen molar-refractivity contribution in [3.63, 3.8) is 0 Å². The van der Waals surface area contributed by atoms with Crippen LogP contribution in [0.2, 0.25) is 5.02 Å². The number of hydrogen-bond acceptors (Lipinski definition) is 4. The van der Waals surface area contributed by atoms with Crippen LogP contribution in [-0.2, 0) is 0 Å². The number of rotatable bonds is 2. The van der Waals surface area contributed by atoms with Crippen LogP contribution in [-0.4, -0.2) is 9.97 Å². The van der Waals surface area contributed by atoms with Gasteiger partial charge >= 0.3 is 0 Å². The fraction of sp³-hybridized carbons (Fsp3) is 0. The monoisotopic (exact) mass is 238 g/mol. The van der Waals surface area contributed by atoms with Gasteiger partial charge in [-0.2, -0.15) is 0 Å². The SMILES string of the molecule is Nc1cc(Nc2cccc(Cl)c2F)ncn1. The Kier molecular flexibility index (Phi) is 2.87. The zero-order valence-electron chi connectivity index (χ0n) is 8.11. The highest BCUT2D eigenvalue weighted by Gasteiger charge is 2.06. The summed E-state index contributed by atoms with van der Waals surface area (Å²) in [5.74, 6) is 0.190. The van der Waals surface area contributed by atoms with Gasteiger partial charge in [-0.05, 0) is 12.1 Å². The highest BCUT2D eigenvalue weighted by molar-refractivity contribution is 6.31. The molecule has 0 radical (unpaired) electrons. The summed E-state index contributed by atoms with van der Waals surface area (Å²) in [7, 11) is 0. The zero-order valence-corrected chi connectivity index (χ0v) is 8.87. The number of aromatic nitrogens is 2. The van der Waals surface area contributed by atoms with Crippen molar-refractivity contribution in [1.29, 1.82) is 0 Å². The molecule has 1 aromatic heterocycles. The van der Waals surface area contributed by atoms with Crippen LogP contribution in [0.3, 0.4) is 0 Å². The van der Waals surface area contributed by atoms with E-state index in [0.717, 1.165) is 0 Å². The molecule has 6 heteroatoms. The molecule has 0 saturated carbocycles. The van der Waals surface area contributed by atoms with Gasteiger partial charge in [-0.3, -0.25) is 0 Å². The maximum Gasteiger partial charge on any atom is 0.165 e. The topological polar surface area (TPSA) is 63.8 Å². The molecule has 0 bridgehead atoms. The number of anilines is 3. The molecule has 0 aliphatic rings. The summed E-state index contributed by atoms with van der Waals surface area (Å²) < 4.78 is 13.5. The van der Waals surface area contributed by atoms with Crippen molar-refractivity contribution in [3.05, 3.63) is 41.4 Å². The summed E-state index contributed by atoms with van der Waals surface area (Å²) in [6.07, 6.45) is 1.29. The molecule has 0 amide bonds. The summed E-state index contributed by atoms with van der Waals surface area (Å²) in [6.45, 7) is 0. The van der Waals surface area contributed by atoms with E-state index in [1.807, 2.05) is 0 Å². The molecule has 16 heavy (non-hydrogen) atoms. The number of benzene rings is 1. The number of nitrogens with two attached hydrogens (primary N) is 1.